The van der Waals surface area contributed by atoms with Crippen molar-refractivity contribution < 1.29 is 31.5 Å². The fourth-order valence-electron chi connectivity index (χ4n) is 5.71. The van der Waals surface area contributed by atoms with Crippen LogP contribution in [-0.2, 0) is 35.7 Å². The molecule has 1 aromatic heterocycles. The van der Waals surface area contributed by atoms with Crippen LogP contribution in [0.3, 0.4) is 0 Å². The largest absolute Gasteiger partial charge is 0.416 e. The van der Waals surface area contributed by atoms with E-state index >= 15 is 0 Å². The van der Waals surface area contributed by atoms with Gasteiger partial charge >= 0.3 is 12.2 Å². The van der Waals surface area contributed by atoms with Gasteiger partial charge in [-0.3, -0.25) is 14.3 Å². The van der Waals surface area contributed by atoms with Gasteiger partial charge in [0.25, 0.3) is 0 Å². The summed E-state index contributed by atoms with van der Waals surface area (Å²) in [6, 6.07) is 9.12. The molecule has 2 aliphatic heterocycles. The van der Waals surface area contributed by atoms with Gasteiger partial charge in [-0.25, -0.2) is 13.2 Å². The number of anilines is 2. The van der Waals surface area contributed by atoms with Crippen molar-refractivity contribution in [1.82, 2.24) is 19.6 Å². The molecule has 238 valence electrons. The molecular formula is C28H33ClF3N7O4S. The van der Waals surface area contributed by atoms with Crippen molar-refractivity contribution in [2.45, 2.75) is 31.8 Å². The highest BCUT2D eigenvalue weighted by molar-refractivity contribution is 7.92. The van der Waals surface area contributed by atoms with Gasteiger partial charge in [0.2, 0.25) is 10.0 Å². The fraction of sp³-hybridized carbons (Fsp3) is 0.429. The molecular weight excluding hydrogens is 623 g/mol. The van der Waals surface area contributed by atoms with Crippen molar-refractivity contribution >= 4 is 39.0 Å². The minimum Gasteiger partial charge on any atom is -0.390 e. The second-order valence-corrected chi connectivity index (χ2v) is 13.1. The third-order valence-corrected chi connectivity index (χ3v) is 8.65. The third kappa shape index (κ3) is 7.22. The third-order valence-electron chi connectivity index (χ3n) is 7.75. The van der Waals surface area contributed by atoms with Gasteiger partial charge in [-0.05, 0) is 24.3 Å². The first kappa shape index (κ1) is 31.9. The molecule has 0 spiro atoms. The first-order valence-corrected chi connectivity index (χ1v) is 16.2. The summed E-state index contributed by atoms with van der Waals surface area (Å²) < 4.78 is 67.3. The second-order valence-electron chi connectivity index (χ2n) is 11.0. The number of halogens is 4. The van der Waals surface area contributed by atoms with Gasteiger partial charge in [0.1, 0.15) is 0 Å². The van der Waals surface area contributed by atoms with Crippen LogP contribution in [0.15, 0.2) is 42.5 Å². The van der Waals surface area contributed by atoms with Crippen molar-refractivity contribution in [1.29, 1.82) is 0 Å². The van der Waals surface area contributed by atoms with Crippen LogP contribution in [0.4, 0.5) is 29.3 Å². The number of hydrogen-bond acceptors (Lipinski definition) is 7. The average molecular weight is 656 g/mol. The van der Waals surface area contributed by atoms with Gasteiger partial charge in [-0.15, -0.1) is 0 Å². The van der Waals surface area contributed by atoms with E-state index in [9.17, 15) is 31.5 Å². The summed E-state index contributed by atoms with van der Waals surface area (Å²) in [6.07, 6.45) is -3.78. The normalized spacial score (nSPS) is 17.0. The van der Waals surface area contributed by atoms with E-state index in [0.29, 0.717) is 78.9 Å². The summed E-state index contributed by atoms with van der Waals surface area (Å²) in [4.78, 5) is 17.4. The van der Waals surface area contributed by atoms with Crippen molar-refractivity contribution in [2.24, 2.45) is 5.73 Å². The number of β-amino-alcohol motifs (C(OH)–C–C–N with tert-alkyl or cyclic N) is 1. The number of amides is 2. The van der Waals surface area contributed by atoms with Crippen LogP contribution >= 0.6 is 11.6 Å². The Morgan fingerprint density at radius 3 is 2.39 bits per heavy atom. The molecule has 1 saturated heterocycles. The fourth-order valence-corrected chi connectivity index (χ4v) is 6.57. The molecule has 2 aliphatic rings. The lowest BCUT2D eigenvalue weighted by Gasteiger charge is -2.38. The van der Waals surface area contributed by atoms with Gasteiger partial charge in [-0.2, -0.15) is 18.3 Å². The van der Waals surface area contributed by atoms with E-state index in [1.54, 1.807) is 22.9 Å². The first-order valence-electron chi connectivity index (χ1n) is 13.9. The number of nitrogens with one attached hydrogen (secondary N) is 1. The Labute approximate surface area is 258 Å². The molecule has 16 heteroatoms. The average Bonchev–Trinajstić information content (AvgIpc) is 3.30. The number of benzene rings is 2. The quantitative estimate of drug-likeness (QED) is 0.339. The molecule has 0 aliphatic carbocycles. The highest BCUT2D eigenvalue weighted by Crippen LogP contribution is 2.36. The molecule has 3 aromatic rings. The Kier molecular flexibility index (Phi) is 9.03. The number of piperazine rings is 1. The lowest BCUT2D eigenvalue weighted by molar-refractivity contribution is -0.137. The number of rotatable bonds is 8. The number of carbonyl (C=O) groups is 1. The van der Waals surface area contributed by atoms with E-state index in [1.807, 2.05) is 4.90 Å². The predicted octanol–water partition coefficient (Wildman–Crippen LogP) is 3.21. The van der Waals surface area contributed by atoms with Gasteiger partial charge in [-0.1, -0.05) is 29.8 Å². The molecule has 0 radical (unpaired) electrons. The number of aliphatic hydroxyl groups excluding tert-OH is 1. The Hall–Kier alpha value is -3.53. The standard InChI is InChI=1S/C28H33ClF3N7O4S/c1-44(42,43)35-23-4-2-3-22(29)26(23)37-13-11-36(12-14-37)15-20(40)16-39-24-9-10-38(27(33)41)17-21(24)25(34-39)18-5-7-19(8-6-18)28(30,31)32/h2-8,20,35,40H,9-17H2,1H3,(H2,33,41). The Balaban J connectivity index is 1.29. The molecule has 11 nitrogen and oxygen atoms in total. The van der Waals surface area contributed by atoms with Gasteiger partial charge in [0.05, 0.1) is 53.1 Å². The van der Waals surface area contributed by atoms with Crippen LogP contribution in [0.1, 0.15) is 16.8 Å². The maximum absolute atomic E-state index is 13.1. The zero-order valence-electron chi connectivity index (χ0n) is 23.9. The summed E-state index contributed by atoms with van der Waals surface area (Å²) in [7, 11) is -3.51. The van der Waals surface area contributed by atoms with E-state index in [-0.39, 0.29) is 13.1 Å². The predicted molar refractivity (Wildman–Crippen MR) is 161 cm³/mol. The summed E-state index contributed by atoms with van der Waals surface area (Å²) in [5.74, 6) is 0. The first-order chi connectivity index (χ1) is 20.7. The van der Waals surface area contributed by atoms with Crippen LogP contribution in [0.5, 0.6) is 0 Å². The molecule has 44 heavy (non-hydrogen) atoms. The lowest BCUT2D eigenvalue weighted by Crippen LogP contribution is -2.49. The van der Waals surface area contributed by atoms with E-state index in [0.717, 1.165) is 24.1 Å². The number of primary amides is 1. The molecule has 0 bridgehead atoms. The highest BCUT2D eigenvalue weighted by atomic mass is 35.5. The smallest absolute Gasteiger partial charge is 0.390 e. The van der Waals surface area contributed by atoms with E-state index in [2.05, 4.69) is 14.7 Å². The number of urea groups is 1. The van der Waals surface area contributed by atoms with Crippen molar-refractivity contribution in [2.75, 3.05) is 55.1 Å². The van der Waals surface area contributed by atoms with Gasteiger partial charge in [0, 0.05) is 62.5 Å². The summed E-state index contributed by atoms with van der Waals surface area (Å²) in [6.45, 7) is 3.27. The van der Waals surface area contributed by atoms with E-state index in [4.69, 9.17) is 17.3 Å². The minimum absolute atomic E-state index is 0.146. The summed E-state index contributed by atoms with van der Waals surface area (Å²) in [5, 5.41) is 16.2. The second kappa shape index (κ2) is 12.5. The lowest BCUT2D eigenvalue weighted by atomic mass is 10.00. The van der Waals surface area contributed by atoms with Crippen LogP contribution in [-0.4, -0.2) is 90.8 Å². The molecule has 1 fully saturated rings. The van der Waals surface area contributed by atoms with Gasteiger partial charge < -0.3 is 20.6 Å². The highest BCUT2D eigenvalue weighted by Gasteiger charge is 2.32. The zero-order valence-corrected chi connectivity index (χ0v) is 25.5. The maximum atomic E-state index is 13.1. The Bertz CT molecular complexity index is 1630. The summed E-state index contributed by atoms with van der Waals surface area (Å²) in [5.41, 5.74) is 8.13. The molecule has 5 rings (SSSR count). The molecule has 1 atom stereocenters. The molecule has 0 saturated carbocycles. The topological polar surface area (TPSA) is 137 Å². The van der Waals surface area contributed by atoms with Crippen molar-refractivity contribution in [3.05, 3.63) is 64.3 Å². The number of hydrogen-bond donors (Lipinski definition) is 3. The molecule has 2 aromatic carbocycles. The molecule has 1 unspecified atom stereocenters. The number of fused-ring (bicyclic) bond motifs is 1. The van der Waals surface area contributed by atoms with Crippen LogP contribution in [0, 0.1) is 0 Å². The van der Waals surface area contributed by atoms with Gasteiger partial charge in [0.15, 0.2) is 0 Å². The maximum Gasteiger partial charge on any atom is 0.416 e. The van der Waals surface area contributed by atoms with Crippen LogP contribution in [0.25, 0.3) is 11.3 Å². The van der Waals surface area contributed by atoms with E-state index < -0.39 is 33.9 Å². The van der Waals surface area contributed by atoms with Crippen LogP contribution in [0.2, 0.25) is 5.02 Å². The van der Waals surface area contributed by atoms with E-state index in [1.165, 1.54) is 17.0 Å². The monoisotopic (exact) mass is 655 g/mol. The number of para-hydroxylation sites is 1. The number of alkyl halides is 3. The number of aliphatic hydroxyl groups is 1. The zero-order chi connectivity index (χ0) is 31.8. The Morgan fingerprint density at radius 1 is 1.09 bits per heavy atom. The van der Waals surface area contributed by atoms with Crippen molar-refractivity contribution in [3.63, 3.8) is 0 Å². The van der Waals surface area contributed by atoms with Crippen molar-refractivity contribution in [3.8, 4) is 11.3 Å². The molecule has 2 amide bonds. The number of aromatic nitrogens is 2. The van der Waals surface area contributed by atoms with Crippen LogP contribution < -0.4 is 15.4 Å². The number of nitrogens with two attached hydrogens (primary N) is 1. The minimum atomic E-state index is -4.47. The SMILES string of the molecule is CS(=O)(=O)Nc1cccc(Cl)c1N1CCN(CC(O)Cn2nc(-c3ccc(C(F)(F)F)cc3)c3c2CCN(C(N)=O)C3)CC1. The Morgan fingerprint density at radius 2 is 1.77 bits per heavy atom. The summed E-state index contributed by atoms with van der Waals surface area (Å²) >= 11 is 6.44. The molecule has 3 heterocycles. The number of carbonyl (C=O) groups excluding carboxylic acids is 1. The molecule has 4 N–H and O–H groups in total. The number of sulfonamides is 1. The number of nitrogens with zero attached hydrogens (tertiary/aromatic N) is 5.